The predicted molar refractivity (Wildman–Crippen MR) is 379 cm³/mol. The lowest BCUT2D eigenvalue weighted by Gasteiger charge is -2.41. The summed E-state index contributed by atoms with van der Waals surface area (Å²) in [6, 6.07) is 10.9. The molecule has 3 heterocycles. The molecular weight excluding hydrogens is 1310 g/mol. The molecule has 1 aliphatic rings. The fraction of sp³-hybridized carbons (Fsp3) is 0.586. The van der Waals surface area contributed by atoms with Crippen molar-refractivity contribution in [3.63, 3.8) is 0 Å². The van der Waals surface area contributed by atoms with Gasteiger partial charge in [0.1, 0.15) is 46.0 Å². The van der Waals surface area contributed by atoms with Crippen LogP contribution in [0.15, 0.2) is 83.6 Å². The molecule has 10 N–H and O–H groups in total. The molecule has 4 aromatic rings. The van der Waals surface area contributed by atoms with Crippen molar-refractivity contribution < 1.29 is 62.2 Å². The maximum absolute atomic E-state index is 14.7. The van der Waals surface area contributed by atoms with Gasteiger partial charge in [0, 0.05) is 64.6 Å². The van der Waals surface area contributed by atoms with Crippen molar-refractivity contribution >= 4 is 88.2 Å². The van der Waals surface area contributed by atoms with E-state index >= 15 is 0 Å². The molecule has 2 aromatic carbocycles. The molecule has 27 nitrogen and oxygen atoms in total. The maximum atomic E-state index is 14.7. The van der Waals surface area contributed by atoms with Crippen LogP contribution in [0.25, 0.3) is 0 Å². The van der Waals surface area contributed by atoms with E-state index in [1.165, 1.54) is 56.4 Å². The van der Waals surface area contributed by atoms with Crippen molar-refractivity contribution in [1.82, 2.24) is 62.0 Å². The predicted octanol–water partition coefficient (Wildman–Crippen LogP) is 6.82. The Morgan fingerprint density at radius 2 is 1.47 bits per heavy atom. The number of carbonyl (C=O) groups excluding carboxylic acids is 10. The number of nitrogens with zero attached hydrogens (tertiary/aromatic N) is 5. The third kappa shape index (κ3) is 25.4. The molecule has 1 unspecified atom stereocenters. The minimum absolute atomic E-state index is 0.0775. The molecule has 0 bridgehead atoms. The second-order valence-corrected chi connectivity index (χ2v) is 28.0. The smallest absolute Gasteiger partial charge is 0.408 e. The zero-order valence-electron chi connectivity index (χ0n) is 59.5. The minimum Gasteiger partial charge on any atom is -0.445 e. The van der Waals surface area contributed by atoms with E-state index in [0.717, 1.165) is 10.6 Å². The van der Waals surface area contributed by atoms with E-state index in [-0.39, 0.29) is 86.0 Å². The third-order valence-corrected chi connectivity index (χ3v) is 19.2. The van der Waals surface area contributed by atoms with E-state index in [0.29, 0.717) is 74.3 Å². The van der Waals surface area contributed by atoms with Crippen LogP contribution in [0.5, 0.6) is 0 Å². The highest BCUT2D eigenvalue weighted by molar-refractivity contribution is 7.98. The number of anilines is 1. The van der Waals surface area contributed by atoms with Crippen LogP contribution >= 0.6 is 23.1 Å². The van der Waals surface area contributed by atoms with Gasteiger partial charge >= 0.3 is 12.1 Å². The molecule has 0 spiro atoms. The molecule has 0 aliphatic carbocycles. The van der Waals surface area contributed by atoms with Crippen molar-refractivity contribution in [3.05, 3.63) is 100 Å². The van der Waals surface area contributed by atoms with Gasteiger partial charge in [-0.2, -0.15) is 0 Å². The number of hydrogen-bond donors (Lipinski definition) is 9. The minimum atomic E-state index is -1.59. The standard InChI is InChI=1S/C70H104N14O13S2/c1-14-44(6)59(53(95-11)38-56(86)84-35-22-26-52(84)60(96-12)45(7)61(87)79-50(65-73-34-36-99-65)37-46-23-17-15-18-24-46)83(10)66(91)58(43(4)5)81-67(92)70(8,9)82-69(94)97-41-47-28-30-48(31-29-47)77-63(89)49(25-21-33-74-68(71)93)78-64(90)57(42(2)3)80-54(85)27-19-16-20-32-72-62(88)51-39-76-55(98-13)40-75-51/h15,17-18,23-24,28-31,34,36,39-40,42-45,49-50,52-53,57-60H,14,16,19-22,25-27,32-33,35,37-38,41H2,1-13H3,(H,72,88)(H,77,89)(H,78,90)(H,79,87)(H,80,85)(H,81,92)(H,82,94)(H3,71,74,93)/t44-,45+,49-,50-,52-,53+,57-,58-,59-,60?/m0/s1. The molecule has 99 heavy (non-hydrogen) atoms. The second-order valence-electron chi connectivity index (χ2n) is 26.2. The number of likely N-dealkylation sites (tertiary alicyclic amines) is 1. The van der Waals surface area contributed by atoms with Gasteiger partial charge in [0.25, 0.3) is 5.91 Å². The van der Waals surface area contributed by atoms with Crippen LogP contribution in [0, 0.1) is 23.7 Å². The molecule has 0 radical (unpaired) electrons. The van der Waals surface area contributed by atoms with Gasteiger partial charge in [-0.15, -0.1) is 23.1 Å². The van der Waals surface area contributed by atoms with Crippen LogP contribution in [-0.2, 0) is 60.8 Å². The Labute approximate surface area is 590 Å². The van der Waals surface area contributed by atoms with Crippen molar-refractivity contribution in [2.75, 3.05) is 52.5 Å². The molecule has 0 saturated carbocycles. The first-order valence-electron chi connectivity index (χ1n) is 33.9. The van der Waals surface area contributed by atoms with Gasteiger partial charge in [0.2, 0.25) is 41.4 Å². The number of hydrogen-bond acceptors (Lipinski definition) is 18. The van der Waals surface area contributed by atoms with Gasteiger partial charge in [-0.1, -0.05) is 104 Å². The molecule has 1 aliphatic heterocycles. The number of nitrogens with one attached hydrogen (secondary N) is 8. The average molecular weight is 1410 g/mol. The first kappa shape index (κ1) is 81.4. The number of methoxy groups -OCH3 is 2. The molecule has 1 fully saturated rings. The number of rotatable bonds is 40. The molecule has 2 aromatic heterocycles. The van der Waals surface area contributed by atoms with Gasteiger partial charge in [-0.25, -0.2) is 24.5 Å². The number of thiazole rings is 1. The number of aromatic nitrogens is 3. The number of amides is 11. The van der Waals surface area contributed by atoms with Gasteiger partial charge in [0.05, 0.1) is 55.1 Å². The Kier molecular flexibility index (Phi) is 33.5. The lowest BCUT2D eigenvalue weighted by Crippen LogP contribution is -2.62. The first-order valence-corrected chi connectivity index (χ1v) is 36.0. The number of alkyl carbamates (subject to hydrolysis) is 1. The summed E-state index contributed by atoms with van der Waals surface area (Å²) in [6.45, 7) is 16.5. The monoisotopic (exact) mass is 1410 g/mol. The van der Waals surface area contributed by atoms with Gasteiger partial charge in [0.15, 0.2) is 0 Å². The van der Waals surface area contributed by atoms with Crippen LogP contribution in [0.4, 0.5) is 15.3 Å². The van der Waals surface area contributed by atoms with E-state index < -0.39 is 95.5 Å². The lowest BCUT2D eigenvalue weighted by atomic mass is 9.89. The Morgan fingerprint density at radius 1 is 0.778 bits per heavy atom. The topological polar surface area (TPSA) is 366 Å². The Balaban J connectivity index is 1.13. The number of benzene rings is 2. The van der Waals surface area contributed by atoms with E-state index in [1.807, 2.05) is 62.7 Å². The zero-order valence-corrected chi connectivity index (χ0v) is 61.1. The van der Waals surface area contributed by atoms with E-state index in [1.54, 1.807) is 82.1 Å². The molecule has 544 valence electrons. The number of carbonyl (C=O) groups is 10. The fourth-order valence-corrected chi connectivity index (χ4v) is 12.8. The van der Waals surface area contributed by atoms with Gasteiger partial charge in [-0.3, -0.25) is 38.4 Å². The number of primary amides is 1. The number of thioether (sulfide) groups is 1. The SMILES string of the molecule is CC[C@H](C)[C@@H]([C@@H](CC(=O)N1CCC[C@H]1C(OC)[C@@H](C)C(=O)N[C@@H](Cc1ccccc1)c1nccs1)OC)N(C)C(=O)[C@@H](NC(=O)C(C)(C)NC(=O)OCc1ccc(NC(=O)[C@H](CCCNC(N)=O)NC(=O)[C@@H](NC(=O)CCCCCNC(=O)c2cnc(SC)cn2)C(C)C)cc1)C(C)C. The van der Waals surface area contributed by atoms with Crippen molar-refractivity contribution in [1.29, 1.82) is 0 Å². The third-order valence-electron chi connectivity index (χ3n) is 17.7. The Hall–Kier alpha value is -8.28. The van der Waals surface area contributed by atoms with E-state index in [9.17, 15) is 47.9 Å². The first-order chi connectivity index (χ1) is 47.1. The quantitative estimate of drug-likeness (QED) is 0.0163. The maximum Gasteiger partial charge on any atom is 0.408 e. The molecular formula is C70H104N14O13S2. The van der Waals surface area contributed by atoms with Gasteiger partial charge in [-0.05, 0) is 106 Å². The lowest BCUT2D eigenvalue weighted by molar-refractivity contribution is -0.148. The van der Waals surface area contributed by atoms with Crippen LogP contribution in [0.1, 0.15) is 159 Å². The molecule has 11 amide bonds. The van der Waals surface area contributed by atoms with Crippen molar-refractivity contribution in [2.45, 2.75) is 199 Å². The van der Waals surface area contributed by atoms with Crippen LogP contribution in [-0.4, -0.2) is 179 Å². The highest BCUT2D eigenvalue weighted by Gasteiger charge is 2.44. The van der Waals surface area contributed by atoms with Crippen LogP contribution in [0.2, 0.25) is 0 Å². The highest BCUT2D eigenvalue weighted by Crippen LogP contribution is 2.31. The number of nitrogens with two attached hydrogens (primary N) is 1. The molecule has 1 saturated heterocycles. The summed E-state index contributed by atoms with van der Waals surface area (Å²) >= 11 is 2.89. The van der Waals surface area contributed by atoms with E-state index in [2.05, 4.69) is 57.5 Å². The average Bonchev–Trinajstić information content (AvgIpc) is 1.76. The number of unbranched alkanes of at least 4 members (excludes halogenated alkanes) is 2. The Bertz CT molecular complexity index is 3260. The molecule has 29 heteroatoms. The normalized spacial score (nSPS) is 15.7. The zero-order chi connectivity index (χ0) is 72.9. The summed E-state index contributed by atoms with van der Waals surface area (Å²) < 4.78 is 17.7. The van der Waals surface area contributed by atoms with Crippen LogP contribution < -0.4 is 48.3 Å². The summed E-state index contributed by atoms with van der Waals surface area (Å²) in [5, 5.41) is 25.7. The number of likely N-dealkylation sites (N-methyl/N-ethyl adjacent to an activating group) is 1. The molecule has 10 atom stereocenters. The number of urea groups is 1. The summed E-state index contributed by atoms with van der Waals surface area (Å²) in [4.78, 5) is 152. The Morgan fingerprint density at radius 3 is 2.08 bits per heavy atom. The highest BCUT2D eigenvalue weighted by atomic mass is 32.2. The van der Waals surface area contributed by atoms with Crippen LogP contribution in [0.3, 0.4) is 0 Å². The molecule has 5 rings (SSSR count). The van der Waals surface area contributed by atoms with Crippen molar-refractivity contribution in [2.24, 2.45) is 29.4 Å². The second kappa shape index (κ2) is 40.7. The van der Waals surface area contributed by atoms with E-state index in [4.69, 9.17) is 19.9 Å². The summed E-state index contributed by atoms with van der Waals surface area (Å²) in [5.41, 5.74) is 5.78. The van der Waals surface area contributed by atoms with Gasteiger partial charge < -0.3 is 72.3 Å². The summed E-state index contributed by atoms with van der Waals surface area (Å²) in [7, 11) is 4.70. The fourth-order valence-electron chi connectivity index (χ4n) is 11.8. The largest absolute Gasteiger partial charge is 0.445 e. The number of ether oxygens (including phenoxy) is 3. The summed E-state index contributed by atoms with van der Waals surface area (Å²) in [6.07, 6.45) is 8.80. The summed E-state index contributed by atoms with van der Waals surface area (Å²) in [5.74, 6) is -4.99. The van der Waals surface area contributed by atoms with Crippen molar-refractivity contribution in [3.8, 4) is 0 Å².